The van der Waals surface area contributed by atoms with Crippen molar-refractivity contribution in [1.29, 1.82) is 0 Å². The fraction of sp³-hybridized carbons (Fsp3) is 0.150. The van der Waals surface area contributed by atoms with Crippen molar-refractivity contribution in [3.63, 3.8) is 0 Å². The zero-order valence-electron chi connectivity index (χ0n) is 16.4. The summed E-state index contributed by atoms with van der Waals surface area (Å²) in [5.41, 5.74) is 6.47. The Bertz CT molecular complexity index is 1230. The van der Waals surface area contributed by atoms with Crippen molar-refractivity contribution in [2.24, 2.45) is 0 Å². The highest BCUT2D eigenvalue weighted by Gasteiger charge is 2.30. The SMILES string of the molecule is COc1cc(OC)cc(-c2cn3nc(N)nc3c(Nc3cccc(C(F)(F)F)c3)n2)c1. The van der Waals surface area contributed by atoms with Crippen LogP contribution in [0, 0.1) is 0 Å². The summed E-state index contributed by atoms with van der Waals surface area (Å²) in [7, 11) is 3.04. The molecule has 2 aromatic carbocycles. The summed E-state index contributed by atoms with van der Waals surface area (Å²) in [5, 5.41) is 6.99. The first-order valence-electron chi connectivity index (χ1n) is 8.97. The van der Waals surface area contributed by atoms with Gasteiger partial charge in [0, 0.05) is 17.3 Å². The Morgan fingerprint density at radius 2 is 1.71 bits per heavy atom. The van der Waals surface area contributed by atoms with E-state index in [9.17, 15) is 13.2 Å². The predicted octanol–water partition coefficient (Wildman–Crippen LogP) is 4.15. The van der Waals surface area contributed by atoms with Gasteiger partial charge in [0.15, 0.2) is 5.82 Å². The van der Waals surface area contributed by atoms with E-state index >= 15 is 0 Å². The first-order valence-corrected chi connectivity index (χ1v) is 8.97. The van der Waals surface area contributed by atoms with E-state index in [4.69, 9.17) is 15.2 Å². The number of nitrogens with zero attached hydrogens (tertiary/aromatic N) is 4. The molecule has 0 aliphatic rings. The first kappa shape index (κ1) is 20.3. The summed E-state index contributed by atoms with van der Waals surface area (Å²) in [6, 6.07) is 9.96. The maximum Gasteiger partial charge on any atom is 0.416 e. The minimum absolute atomic E-state index is 0.00531. The number of rotatable bonds is 5. The Hall–Kier alpha value is -4.02. The normalized spacial score (nSPS) is 11.5. The average molecular weight is 430 g/mol. The molecule has 2 heterocycles. The summed E-state index contributed by atoms with van der Waals surface area (Å²) < 4.78 is 51.2. The molecule has 8 nitrogen and oxygen atoms in total. The number of fused-ring (bicyclic) bond motifs is 1. The molecule has 0 saturated carbocycles. The molecule has 0 amide bonds. The van der Waals surface area contributed by atoms with Crippen LogP contribution in [-0.4, -0.2) is 33.8 Å². The van der Waals surface area contributed by atoms with E-state index in [2.05, 4.69) is 20.4 Å². The van der Waals surface area contributed by atoms with Gasteiger partial charge < -0.3 is 20.5 Å². The number of halogens is 3. The van der Waals surface area contributed by atoms with Crippen molar-refractivity contribution in [3.8, 4) is 22.8 Å². The Kier molecular flexibility index (Phi) is 5.01. The van der Waals surface area contributed by atoms with Crippen molar-refractivity contribution in [2.75, 3.05) is 25.3 Å². The van der Waals surface area contributed by atoms with Crippen molar-refractivity contribution < 1.29 is 22.6 Å². The van der Waals surface area contributed by atoms with Gasteiger partial charge in [0.1, 0.15) is 11.5 Å². The summed E-state index contributed by atoms with van der Waals surface area (Å²) in [4.78, 5) is 8.66. The number of nitrogen functional groups attached to an aromatic ring is 1. The zero-order chi connectivity index (χ0) is 22.2. The van der Waals surface area contributed by atoms with Crippen LogP contribution in [0.25, 0.3) is 16.9 Å². The highest BCUT2D eigenvalue weighted by atomic mass is 19.4. The Labute approximate surface area is 174 Å². The third-order valence-electron chi connectivity index (χ3n) is 4.44. The molecule has 0 unspecified atom stereocenters. The van der Waals surface area contributed by atoms with Crippen LogP contribution < -0.4 is 20.5 Å². The van der Waals surface area contributed by atoms with E-state index in [0.29, 0.717) is 22.8 Å². The number of methoxy groups -OCH3 is 2. The van der Waals surface area contributed by atoms with E-state index < -0.39 is 11.7 Å². The molecule has 0 saturated heterocycles. The van der Waals surface area contributed by atoms with Crippen LogP contribution in [0.1, 0.15) is 5.56 Å². The first-order chi connectivity index (χ1) is 14.8. The van der Waals surface area contributed by atoms with Crippen molar-refractivity contribution >= 4 is 23.1 Å². The lowest BCUT2D eigenvalue weighted by atomic mass is 10.1. The van der Waals surface area contributed by atoms with Crippen LogP contribution in [0.2, 0.25) is 0 Å². The standard InChI is InChI=1S/C20H17F3N6O2/c1-30-14-6-11(7-15(9-14)31-2)16-10-29-18(27-19(24)28-29)17(26-16)25-13-5-3-4-12(8-13)20(21,22)23/h3-10H,1-2H3,(H2,24,28)(H,25,26). The molecule has 2 aromatic heterocycles. The van der Waals surface area contributed by atoms with Crippen molar-refractivity contribution in [2.45, 2.75) is 6.18 Å². The minimum Gasteiger partial charge on any atom is -0.497 e. The molecule has 0 bridgehead atoms. The highest BCUT2D eigenvalue weighted by Crippen LogP contribution is 2.33. The number of hydrogen-bond acceptors (Lipinski definition) is 7. The van der Waals surface area contributed by atoms with Crippen LogP contribution in [0.5, 0.6) is 11.5 Å². The fourth-order valence-electron chi connectivity index (χ4n) is 2.99. The summed E-state index contributed by atoms with van der Waals surface area (Å²) >= 11 is 0. The van der Waals surface area contributed by atoms with Gasteiger partial charge in [-0.3, -0.25) is 0 Å². The average Bonchev–Trinajstić information content (AvgIpc) is 3.13. The fourth-order valence-corrected chi connectivity index (χ4v) is 2.99. The van der Waals surface area contributed by atoms with Gasteiger partial charge in [-0.15, -0.1) is 5.10 Å². The van der Waals surface area contributed by atoms with Gasteiger partial charge in [0.05, 0.1) is 31.7 Å². The van der Waals surface area contributed by atoms with E-state index in [0.717, 1.165) is 12.1 Å². The van der Waals surface area contributed by atoms with Crippen molar-refractivity contribution in [3.05, 3.63) is 54.2 Å². The number of aromatic nitrogens is 4. The van der Waals surface area contributed by atoms with Gasteiger partial charge in [-0.2, -0.15) is 18.2 Å². The molecular formula is C20H17F3N6O2. The number of hydrogen-bond donors (Lipinski definition) is 2. The molecule has 0 spiro atoms. The summed E-state index contributed by atoms with van der Waals surface area (Å²) in [5.74, 6) is 1.26. The number of ether oxygens (including phenoxy) is 2. The molecule has 0 aliphatic carbocycles. The molecule has 160 valence electrons. The molecule has 31 heavy (non-hydrogen) atoms. The summed E-state index contributed by atoms with van der Waals surface area (Å²) in [6.45, 7) is 0. The lowest BCUT2D eigenvalue weighted by Crippen LogP contribution is -2.06. The third kappa shape index (κ3) is 4.15. The number of nitrogens with one attached hydrogen (secondary N) is 1. The van der Waals surface area contributed by atoms with Crippen LogP contribution >= 0.6 is 0 Å². The van der Waals surface area contributed by atoms with Gasteiger partial charge in [-0.25, -0.2) is 9.50 Å². The molecule has 11 heteroatoms. The smallest absolute Gasteiger partial charge is 0.416 e. The van der Waals surface area contributed by atoms with E-state index in [-0.39, 0.29) is 23.1 Å². The minimum atomic E-state index is -4.47. The van der Waals surface area contributed by atoms with E-state index in [1.807, 2.05) is 0 Å². The number of alkyl halides is 3. The molecule has 0 aliphatic heterocycles. The van der Waals surface area contributed by atoms with Gasteiger partial charge >= 0.3 is 6.18 Å². The Morgan fingerprint density at radius 1 is 1.00 bits per heavy atom. The lowest BCUT2D eigenvalue weighted by Gasteiger charge is -2.12. The monoisotopic (exact) mass is 430 g/mol. The lowest BCUT2D eigenvalue weighted by molar-refractivity contribution is -0.137. The second kappa shape index (κ2) is 7.67. The van der Waals surface area contributed by atoms with Crippen LogP contribution in [0.15, 0.2) is 48.7 Å². The molecule has 0 radical (unpaired) electrons. The highest BCUT2D eigenvalue weighted by molar-refractivity contribution is 5.75. The topological polar surface area (TPSA) is 99.6 Å². The number of benzene rings is 2. The quantitative estimate of drug-likeness (QED) is 0.491. The molecule has 4 rings (SSSR count). The van der Waals surface area contributed by atoms with Gasteiger partial charge in [0.2, 0.25) is 11.6 Å². The Balaban J connectivity index is 1.83. The maximum atomic E-state index is 13.1. The maximum absolute atomic E-state index is 13.1. The van der Waals surface area contributed by atoms with Crippen molar-refractivity contribution in [1.82, 2.24) is 19.6 Å². The van der Waals surface area contributed by atoms with Gasteiger partial charge in [-0.05, 0) is 30.3 Å². The molecule has 0 atom stereocenters. The number of anilines is 3. The van der Waals surface area contributed by atoms with E-state index in [1.165, 1.54) is 30.9 Å². The molecule has 0 fully saturated rings. The second-order valence-corrected chi connectivity index (χ2v) is 6.52. The van der Waals surface area contributed by atoms with Gasteiger partial charge in [0.25, 0.3) is 0 Å². The van der Waals surface area contributed by atoms with Gasteiger partial charge in [-0.1, -0.05) is 6.07 Å². The van der Waals surface area contributed by atoms with Crippen LogP contribution in [0.3, 0.4) is 0 Å². The summed E-state index contributed by atoms with van der Waals surface area (Å²) in [6.07, 6.45) is -2.87. The third-order valence-corrected chi connectivity index (χ3v) is 4.44. The van der Waals surface area contributed by atoms with Crippen LogP contribution in [-0.2, 0) is 6.18 Å². The Morgan fingerprint density at radius 3 is 2.35 bits per heavy atom. The predicted molar refractivity (Wildman–Crippen MR) is 108 cm³/mol. The van der Waals surface area contributed by atoms with E-state index in [1.54, 1.807) is 24.4 Å². The largest absolute Gasteiger partial charge is 0.497 e. The molecule has 3 N–H and O–H groups in total. The second-order valence-electron chi connectivity index (χ2n) is 6.52. The van der Waals surface area contributed by atoms with Crippen LogP contribution in [0.4, 0.5) is 30.6 Å². The molecular weight excluding hydrogens is 413 g/mol. The molecule has 4 aromatic rings. The number of nitrogens with two attached hydrogens (primary N) is 1. The zero-order valence-corrected chi connectivity index (χ0v) is 16.4.